The van der Waals surface area contributed by atoms with Gasteiger partial charge in [0.1, 0.15) is 6.10 Å². The van der Waals surface area contributed by atoms with E-state index in [-0.39, 0.29) is 34.6 Å². The van der Waals surface area contributed by atoms with Crippen molar-refractivity contribution in [3.05, 3.63) is 79.9 Å². The van der Waals surface area contributed by atoms with E-state index in [0.29, 0.717) is 53.3 Å². The third-order valence-corrected chi connectivity index (χ3v) is 11.9. The third-order valence-electron chi connectivity index (χ3n) is 11.9. The Kier molecular flexibility index (Phi) is 8.40. The van der Waals surface area contributed by atoms with E-state index in [1.165, 1.54) is 37.3 Å². The summed E-state index contributed by atoms with van der Waals surface area (Å²) in [7, 11) is 0. The van der Waals surface area contributed by atoms with Gasteiger partial charge in [-0.15, -0.1) is 0 Å². The van der Waals surface area contributed by atoms with Crippen LogP contribution < -0.4 is 11.1 Å². The molecule has 6 rings (SSSR count). The number of nitrogens with zero attached hydrogens (tertiary/aromatic N) is 2. The second-order valence-corrected chi connectivity index (χ2v) is 14.8. The molecule has 1 aromatic carbocycles. The Labute approximate surface area is 261 Å². The minimum absolute atomic E-state index is 0.108. The molecule has 0 amide bonds. The average Bonchev–Trinajstić information content (AvgIpc) is 3.36. The summed E-state index contributed by atoms with van der Waals surface area (Å²) in [5.41, 5.74) is 3.80. The van der Waals surface area contributed by atoms with E-state index in [2.05, 4.69) is 52.8 Å². The minimum atomic E-state index is -0.345. The molecule has 0 radical (unpaired) electrons. The van der Waals surface area contributed by atoms with Crippen molar-refractivity contribution in [2.24, 2.45) is 35.0 Å². The molecule has 2 aromatic rings. The molecule has 0 bridgehead atoms. The molecule has 6 nitrogen and oxygen atoms in total. The van der Waals surface area contributed by atoms with Crippen LogP contribution in [0, 0.1) is 35.0 Å². The van der Waals surface area contributed by atoms with Crippen LogP contribution in [0.1, 0.15) is 99.0 Å². The number of carbonyl (C=O) groups is 1. The zero-order valence-corrected chi connectivity index (χ0v) is 27.5. The first-order valence-electron chi connectivity index (χ1n) is 17.0. The van der Waals surface area contributed by atoms with Crippen molar-refractivity contribution in [3.63, 3.8) is 0 Å². The summed E-state index contributed by atoms with van der Waals surface area (Å²) in [5, 5.41) is 0.953. The van der Waals surface area contributed by atoms with E-state index < -0.39 is 0 Å². The van der Waals surface area contributed by atoms with Crippen molar-refractivity contribution in [1.29, 1.82) is 0 Å². The molecule has 0 N–H and O–H groups in total. The molecule has 236 valence electrons. The summed E-state index contributed by atoms with van der Waals surface area (Å²) in [6, 6.07) is 6.86. The molecule has 7 atom stereocenters. The quantitative estimate of drug-likeness (QED) is 0.252. The van der Waals surface area contributed by atoms with Gasteiger partial charge in [0, 0.05) is 13.3 Å². The summed E-state index contributed by atoms with van der Waals surface area (Å²) < 4.78 is 9.15. The SMILES string of the molecule is CC(=O)O[C@@H]1CCC2=C(C1)[C@H](/C=C1\CCC[C@@]3(C)[C@@H]1CC[C@H]3[C@H](C)/C=C/[C@H](C)C(C)C)n1c(=O)c3ccccc3c(=O)n1C2. The van der Waals surface area contributed by atoms with Gasteiger partial charge in [0.15, 0.2) is 0 Å². The van der Waals surface area contributed by atoms with Gasteiger partial charge in [-0.3, -0.25) is 14.4 Å². The Hall–Kier alpha value is -3.15. The summed E-state index contributed by atoms with van der Waals surface area (Å²) in [4.78, 5) is 39.9. The van der Waals surface area contributed by atoms with Crippen LogP contribution in [0.3, 0.4) is 0 Å². The number of ether oxygens (including phenoxy) is 1. The van der Waals surface area contributed by atoms with Crippen LogP contribution in [0.2, 0.25) is 0 Å². The number of carbonyl (C=O) groups excluding carboxylic acids is 1. The Balaban J connectivity index is 1.42. The van der Waals surface area contributed by atoms with Crippen molar-refractivity contribution in [3.8, 4) is 0 Å². The van der Waals surface area contributed by atoms with E-state index >= 15 is 0 Å². The Bertz CT molecular complexity index is 1650. The van der Waals surface area contributed by atoms with Gasteiger partial charge >= 0.3 is 5.97 Å². The number of fused-ring (bicyclic) bond motifs is 3. The summed E-state index contributed by atoms with van der Waals surface area (Å²) >= 11 is 0. The van der Waals surface area contributed by atoms with Crippen LogP contribution in [0.5, 0.6) is 0 Å². The molecule has 0 spiro atoms. The number of allylic oxidation sites excluding steroid dienone is 5. The first-order chi connectivity index (χ1) is 21.0. The number of benzene rings is 1. The summed E-state index contributed by atoms with van der Waals surface area (Å²) in [6.07, 6.45) is 15.0. The Morgan fingerprint density at radius 1 is 1.00 bits per heavy atom. The predicted molar refractivity (Wildman–Crippen MR) is 176 cm³/mol. The van der Waals surface area contributed by atoms with Crippen LogP contribution in [-0.4, -0.2) is 21.4 Å². The first kappa shape index (κ1) is 30.9. The Morgan fingerprint density at radius 2 is 1.73 bits per heavy atom. The van der Waals surface area contributed by atoms with Gasteiger partial charge in [0.2, 0.25) is 0 Å². The maximum absolute atomic E-state index is 14.2. The summed E-state index contributed by atoms with van der Waals surface area (Å²) in [5.74, 6) is 2.55. The zero-order valence-electron chi connectivity index (χ0n) is 27.5. The van der Waals surface area contributed by atoms with E-state index in [0.717, 1.165) is 31.3 Å². The predicted octanol–water partition coefficient (Wildman–Crippen LogP) is 7.76. The molecule has 4 aliphatic rings. The van der Waals surface area contributed by atoms with Gasteiger partial charge in [-0.1, -0.05) is 70.6 Å². The third kappa shape index (κ3) is 5.37. The molecular formula is C38H50N2O4. The topological polar surface area (TPSA) is 70.3 Å². The van der Waals surface area contributed by atoms with Crippen LogP contribution in [0.25, 0.3) is 10.8 Å². The lowest BCUT2D eigenvalue weighted by Crippen LogP contribution is -2.46. The largest absolute Gasteiger partial charge is 0.462 e. The molecule has 1 aromatic heterocycles. The number of aromatic nitrogens is 2. The number of hydrogen-bond donors (Lipinski definition) is 0. The van der Waals surface area contributed by atoms with E-state index in [1.807, 2.05) is 12.1 Å². The number of rotatable bonds is 6. The molecular weight excluding hydrogens is 548 g/mol. The highest BCUT2D eigenvalue weighted by atomic mass is 16.5. The fourth-order valence-electron chi connectivity index (χ4n) is 9.14. The zero-order chi connectivity index (χ0) is 31.3. The molecule has 0 unspecified atom stereocenters. The smallest absolute Gasteiger partial charge is 0.302 e. The number of esters is 1. The van der Waals surface area contributed by atoms with Gasteiger partial charge in [0.05, 0.1) is 23.4 Å². The lowest BCUT2D eigenvalue weighted by Gasteiger charge is -2.45. The highest BCUT2D eigenvalue weighted by Crippen LogP contribution is 2.60. The van der Waals surface area contributed by atoms with Crippen molar-refractivity contribution in [2.75, 3.05) is 0 Å². The fourth-order valence-corrected chi connectivity index (χ4v) is 9.14. The first-order valence-corrected chi connectivity index (χ1v) is 17.0. The van der Waals surface area contributed by atoms with E-state index in [4.69, 9.17) is 4.74 Å². The van der Waals surface area contributed by atoms with Gasteiger partial charge in [-0.2, -0.15) is 0 Å². The van der Waals surface area contributed by atoms with Crippen LogP contribution in [0.15, 0.2) is 68.8 Å². The van der Waals surface area contributed by atoms with Gasteiger partial charge in [-0.05, 0) is 103 Å². The highest BCUT2D eigenvalue weighted by molar-refractivity contribution is 5.80. The Morgan fingerprint density at radius 3 is 2.43 bits per heavy atom. The van der Waals surface area contributed by atoms with Crippen molar-refractivity contribution >= 4 is 16.7 Å². The van der Waals surface area contributed by atoms with Crippen molar-refractivity contribution in [1.82, 2.24) is 9.36 Å². The van der Waals surface area contributed by atoms with Gasteiger partial charge < -0.3 is 4.74 Å². The van der Waals surface area contributed by atoms with Gasteiger partial charge in [-0.25, -0.2) is 9.36 Å². The van der Waals surface area contributed by atoms with Crippen molar-refractivity contribution < 1.29 is 9.53 Å². The highest BCUT2D eigenvalue weighted by Gasteiger charge is 2.50. The molecule has 2 heterocycles. The van der Waals surface area contributed by atoms with Gasteiger partial charge in [0.25, 0.3) is 11.1 Å². The molecule has 1 aliphatic heterocycles. The van der Waals surface area contributed by atoms with Crippen molar-refractivity contribution in [2.45, 2.75) is 112 Å². The normalized spacial score (nSPS) is 30.8. The maximum atomic E-state index is 14.2. The second-order valence-electron chi connectivity index (χ2n) is 14.8. The van der Waals surface area contributed by atoms with Crippen LogP contribution in [0.4, 0.5) is 0 Å². The summed E-state index contributed by atoms with van der Waals surface area (Å²) in [6.45, 7) is 13.7. The maximum Gasteiger partial charge on any atom is 0.302 e. The lowest BCUT2D eigenvalue weighted by molar-refractivity contribution is -0.146. The molecule has 6 heteroatoms. The molecule has 2 fully saturated rings. The number of hydrogen-bond acceptors (Lipinski definition) is 4. The van der Waals surface area contributed by atoms with E-state index in [9.17, 15) is 14.4 Å². The molecule has 44 heavy (non-hydrogen) atoms. The minimum Gasteiger partial charge on any atom is -0.462 e. The average molecular weight is 599 g/mol. The van der Waals surface area contributed by atoms with E-state index in [1.54, 1.807) is 21.5 Å². The molecule has 2 saturated carbocycles. The van der Waals surface area contributed by atoms with Crippen LogP contribution in [-0.2, 0) is 16.1 Å². The fraction of sp³-hybridized carbons (Fsp3) is 0.605. The molecule has 3 aliphatic carbocycles. The second kappa shape index (κ2) is 12.0. The monoisotopic (exact) mass is 598 g/mol. The van der Waals surface area contributed by atoms with Crippen LogP contribution >= 0.6 is 0 Å². The lowest BCUT2D eigenvalue weighted by atomic mass is 9.61. The molecule has 0 saturated heterocycles. The standard InChI is InChI=1S/C38H50N2O4/c1-23(2)24(3)13-14-25(4)33-17-18-34-27(10-9-19-38(33,34)6)20-35-32-21-29(44-26(5)41)16-15-28(32)22-39-36(42)30-11-7-8-12-31(30)37(43)40(35)39/h7-8,11-14,20,23-25,29,33-35H,9-10,15-19,21-22H2,1-6H3/b14-13+,27-20+/t24-,25+,29+,33-,34+,35-,38+/m0/s1.